The lowest BCUT2D eigenvalue weighted by atomic mass is 10.1. The topological polar surface area (TPSA) is 89.2 Å². The molecule has 1 aromatic heterocycles. The summed E-state index contributed by atoms with van der Waals surface area (Å²) in [6.45, 7) is 1.31. The van der Waals surface area contributed by atoms with Crippen molar-refractivity contribution >= 4 is 28.4 Å². The molecule has 0 aliphatic carbocycles. The smallest absolute Gasteiger partial charge is 0.232 e. The zero-order chi connectivity index (χ0) is 20.9. The number of fused-ring (bicyclic) bond motifs is 1. The van der Waals surface area contributed by atoms with Gasteiger partial charge >= 0.3 is 0 Å². The van der Waals surface area contributed by atoms with Gasteiger partial charge in [-0.05, 0) is 41.6 Å². The molecule has 7 nitrogen and oxygen atoms in total. The van der Waals surface area contributed by atoms with E-state index in [1.54, 1.807) is 7.11 Å². The quantitative estimate of drug-likeness (QED) is 0.485. The van der Waals surface area contributed by atoms with Crippen molar-refractivity contribution in [2.24, 2.45) is 0 Å². The Morgan fingerprint density at radius 3 is 2.50 bits per heavy atom. The van der Waals surface area contributed by atoms with Gasteiger partial charge in [0, 0.05) is 6.54 Å². The minimum atomic E-state index is 0.177. The highest BCUT2D eigenvalue weighted by atomic mass is 16.5. The molecule has 0 saturated heterocycles. The van der Waals surface area contributed by atoms with Crippen LogP contribution in [0, 0.1) is 0 Å². The van der Waals surface area contributed by atoms with Crippen molar-refractivity contribution in [3.05, 3.63) is 78.1 Å². The maximum absolute atomic E-state index is 5.92. The van der Waals surface area contributed by atoms with Crippen molar-refractivity contribution in [1.29, 1.82) is 0 Å². The monoisotopic (exact) mass is 400 g/mol. The Kier molecular flexibility index (Phi) is 5.72. The molecule has 0 amide bonds. The highest BCUT2D eigenvalue weighted by Gasteiger charge is 2.10. The minimum absolute atomic E-state index is 0.177. The SMILES string of the molecule is COc1ccccc1Nc1nc(N)nc(CN(C)Cc2ccc3ccccc3c2)n1. The number of hydrogen-bond acceptors (Lipinski definition) is 7. The number of aromatic nitrogens is 3. The maximum atomic E-state index is 5.92. The van der Waals surface area contributed by atoms with E-state index in [1.807, 2.05) is 31.3 Å². The number of methoxy groups -OCH3 is 1. The first-order chi connectivity index (χ1) is 14.6. The number of rotatable bonds is 7. The van der Waals surface area contributed by atoms with Crippen LogP contribution in [-0.4, -0.2) is 34.0 Å². The summed E-state index contributed by atoms with van der Waals surface area (Å²) in [5, 5.41) is 5.63. The predicted molar refractivity (Wildman–Crippen MR) is 120 cm³/mol. The Balaban J connectivity index is 1.48. The van der Waals surface area contributed by atoms with E-state index < -0.39 is 0 Å². The largest absolute Gasteiger partial charge is 0.495 e. The number of para-hydroxylation sites is 2. The molecule has 0 atom stereocenters. The highest BCUT2D eigenvalue weighted by molar-refractivity contribution is 5.82. The first kappa shape index (κ1) is 19.6. The van der Waals surface area contributed by atoms with E-state index >= 15 is 0 Å². The molecule has 0 saturated carbocycles. The molecule has 1 heterocycles. The van der Waals surface area contributed by atoms with Crippen LogP contribution < -0.4 is 15.8 Å². The molecule has 30 heavy (non-hydrogen) atoms. The second kappa shape index (κ2) is 8.75. The summed E-state index contributed by atoms with van der Waals surface area (Å²) >= 11 is 0. The van der Waals surface area contributed by atoms with Crippen molar-refractivity contribution in [2.75, 3.05) is 25.2 Å². The van der Waals surface area contributed by atoms with E-state index in [1.165, 1.54) is 16.3 Å². The van der Waals surface area contributed by atoms with E-state index in [0.29, 0.717) is 24.1 Å². The average Bonchev–Trinajstić information content (AvgIpc) is 2.73. The number of nitrogen functional groups attached to an aromatic ring is 1. The second-order valence-electron chi connectivity index (χ2n) is 7.11. The summed E-state index contributed by atoms with van der Waals surface area (Å²) in [6.07, 6.45) is 0. The van der Waals surface area contributed by atoms with E-state index in [2.05, 4.69) is 67.6 Å². The summed E-state index contributed by atoms with van der Waals surface area (Å²) in [4.78, 5) is 15.2. The van der Waals surface area contributed by atoms with Gasteiger partial charge in [0.2, 0.25) is 11.9 Å². The molecule has 4 rings (SSSR count). The highest BCUT2D eigenvalue weighted by Crippen LogP contribution is 2.25. The van der Waals surface area contributed by atoms with Crippen LogP contribution in [-0.2, 0) is 13.1 Å². The lowest BCUT2D eigenvalue weighted by Gasteiger charge is -2.17. The van der Waals surface area contributed by atoms with Crippen LogP contribution in [0.1, 0.15) is 11.4 Å². The number of benzene rings is 3. The fourth-order valence-electron chi connectivity index (χ4n) is 3.38. The number of nitrogens with zero attached hydrogens (tertiary/aromatic N) is 4. The zero-order valence-electron chi connectivity index (χ0n) is 17.0. The normalized spacial score (nSPS) is 11.0. The summed E-state index contributed by atoms with van der Waals surface area (Å²) in [5.74, 6) is 1.87. The lowest BCUT2D eigenvalue weighted by molar-refractivity contribution is 0.310. The molecule has 3 aromatic carbocycles. The molecule has 0 aliphatic heterocycles. The van der Waals surface area contributed by atoms with Crippen LogP contribution >= 0.6 is 0 Å². The Morgan fingerprint density at radius 1 is 0.900 bits per heavy atom. The first-order valence-electron chi connectivity index (χ1n) is 9.67. The van der Waals surface area contributed by atoms with Crippen molar-refractivity contribution in [2.45, 2.75) is 13.1 Å². The van der Waals surface area contributed by atoms with Gasteiger partial charge in [0.05, 0.1) is 19.3 Å². The summed E-state index contributed by atoms with van der Waals surface area (Å²) in [7, 11) is 3.65. The number of anilines is 3. The number of nitrogens with one attached hydrogen (secondary N) is 1. The number of nitrogens with two attached hydrogens (primary N) is 1. The van der Waals surface area contributed by atoms with Crippen LogP contribution in [0.2, 0.25) is 0 Å². The number of ether oxygens (including phenoxy) is 1. The van der Waals surface area contributed by atoms with E-state index in [-0.39, 0.29) is 5.95 Å². The molecule has 0 bridgehead atoms. The standard InChI is InChI=1S/C23H24N6O/c1-29(14-16-11-12-17-7-3-4-8-18(17)13-16)15-21-26-22(24)28-23(27-21)25-19-9-5-6-10-20(19)30-2/h3-13H,14-15H2,1-2H3,(H3,24,25,26,27,28). The number of hydrogen-bond donors (Lipinski definition) is 2. The van der Waals surface area contributed by atoms with Gasteiger partial charge in [-0.25, -0.2) is 0 Å². The van der Waals surface area contributed by atoms with Crippen LogP contribution in [0.15, 0.2) is 66.7 Å². The maximum Gasteiger partial charge on any atom is 0.232 e. The fraction of sp³-hybridized carbons (Fsp3) is 0.174. The van der Waals surface area contributed by atoms with Gasteiger partial charge in [-0.3, -0.25) is 4.90 Å². The van der Waals surface area contributed by atoms with E-state index in [9.17, 15) is 0 Å². The summed E-state index contributed by atoms with van der Waals surface area (Å²) < 4.78 is 5.37. The molecule has 0 radical (unpaired) electrons. The Bertz CT molecular complexity index is 1160. The van der Waals surface area contributed by atoms with Gasteiger partial charge in [0.25, 0.3) is 0 Å². The molecular formula is C23H24N6O. The Labute approximate surface area is 175 Å². The van der Waals surface area contributed by atoms with Crippen LogP contribution in [0.25, 0.3) is 10.8 Å². The fourth-order valence-corrected chi connectivity index (χ4v) is 3.38. The van der Waals surface area contributed by atoms with Gasteiger partial charge in [0.15, 0.2) is 0 Å². The molecule has 152 valence electrons. The third-order valence-electron chi connectivity index (χ3n) is 4.73. The third kappa shape index (κ3) is 4.64. The van der Waals surface area contributed by atoms with Crippen molar-refractivity contribution in [1.82, 2.24) is 19.9 Å². The lowest BCUT2D eigenvalue weighted by Crippen LogP contribution is -2.20. The Hall–Kier alpha value is -3.71. The van der Waals surface area contributed by atoms with Crippen molar-refractivity contribution in [3.8, 4) is 5.75 Å². The van der Waals surface area contributed by atoms with Crippen molar-refractivity contribution in [3.63, 3.8) is 0 Å². The minimum Gasteiger partial charge on any atom is -0.495 e. The molecule has 0 aliphatic rings. The van der Waals surface area contributed by atoms with Gasteiger partial charge in [0.1, 0.15) is 11.6 Å². The van der Waals surface area contributed by atoms with E-state index in [0.717, 1.165) is 12.2 Å². The molecule has 0 fully saturated rings. The predicted octanol–water partition coefficient (Wildman–Crippen LogP) is 3.99. The zero-order valence-corrected chi connectivity index (χ0v) is 17.0. The summed E-state index contributed by atoms with van der Waals surface area (Å²) in [5.41, 5.74) is 7.91. The molecule has 3 N–H and O–H groups in total. The van der Waals surface area contributed by atoms with Crippen LogP contribution in [0.3, 0.4) is 0 Å². The molecule has 4 aromatic rings. The van der Waals surface area contributed by atoms with Gasteiger partial charge in [-0.1, -0.05) is 48.5 Å². The van der Waals surface area contributed by atoms with Gasteiger partial charge < -0.3 is 15.8 Å². The van der Waals surface area contributed by atoms with Crippen LogP contribution in [0.4, 0.5) is 17.6 Å². The van der Waals surface area contributed by atoms with Gasteiger partial charge in [-0.15, -0.1) is 0 Å². The Morgan fingerprint density at radius 2 is 1.67 bits per heavy atom. The first-order valence-corrected chi connectivity index (χ1v) is 9.67. The van der Waals surface area contributed by atoms with Crippen molar-refractivity contribution < 1.29 is 4.74 Å². The molecule has 0 unspecified atom stereocenters. The molecule has 0 spiro atoms. The molecule has 7 heteroatoms. The third-order valence-corrected chi connectivity index (χ3v) is 4.73. The van der Waals surface area contributed by atoms with Gasteiger partial charge in [-0.2, -0.15) is 15.0 Å². The summed E-state index contributed by atoms with van der Waals surface area (Å²) in [6, 6.07) is 22.4. The van der Waals surface area contributed by atoms with E-state index in [4.69, 9.17) is 10.5 Å². The van der Waals surface area contributed by atoms with Crippen LogP contribution in [0.5, 0.6) is 5.75 Å². The molecular weight excluding hydrogens is 376 g/mol. The second-order valence-corrected chi connectivity index (χ2v) is 7.11. The average molecular weight is 400 g/mol.